The van der Waals surface area contributed by atoms with E-state index in [0.29, 0.717) is 11.9 Å². The fourth-order valence-corrected chi connectivity index (χ4v) is 4.07. The lowest BCUT2D eigenvalue weighted by Gasteiger charge is -2.45. The Morgan fingerprint density at radius 3 is 2.52 bits per heavy atom. The molecule has 1 amide bonds. The van der Waals surface area contributed by atoms with Crippen LogP contribution in [0.3, 0.4) is 0 Å². The van der Waals surface area contributed by atoms with Crippen LogP contribution in [0.25, 0.3) is 0 Å². The number of piperidine rings is 1. The first-order valence-electron chi connectivity index (χ1n) is 8.02. The monoisotopic (exact) mass is 337 g/mol. The van der Waals surface area contributed by atoms with E-state index in [9.17, 15) is 4.79 Å². The Bertz CT molecular complexity index is 343. The molecule has 0 aromatic carbocycles. The van der Waals surface area contributed by atoms with Gasteiger partial charge in [-0.15, -0.1) is 24.8 Å². The van der Waals surface area contributed by atoms with Gasteiger partial charge in [-0.3, -0.25) is 9.69 Å². The zero-order valence-electron chi connectivity index (χ0n) is 12.7. The van der Waals surface area contributed by atoms with Crippen molar-refractivity contribution in [2.75, 3.05) is 26.2 Å². The van der Waals surface area contributed by atoms with Gasteiger partial charge in [0.25, 0.3) is 0 Å². The normalized spacial score (nSPS) is 33.4. The summed E-state index contributed by atoms with van der Waals surface area (Å²) in [6, 6.07) is 0.877. The van der Waals surface area contributed by atoms with Gasteiger partial charge in [0.2, 0.25) is 5.91 Å². The van der Waals surface area contributed by atoms with Crippen LogP contribution in [0, 0.1) is 5.92 Å². The third-order valence-electron chi connectivity index (χ3n) is 5.21. The maximum Gasteiger partial charge on any atom is 0.225 e. The molecule has 1 aliphatic carbocycles. The fraction of sp³-hybridized carbons (Fsp3) is 0.933. The largest absolute Gasteiger partial charge is 0.340 e. The molecule has 2 saturated heterocycles. The van der Waals surface area contributed by atoms with Crippen molar-refractivity contribution in [3.8, 4) is 0 Å². The molecule has 3 atom stereocenters. The van der Waals surface area contributed by atoms with Crippen molar-refractivity contribution in [2.45, 2.75) is 57.0 Å². The quantitative estimate of drug-likeness (QED) is 0.796. The molecule has 2 aliphatic heterocycles. The van der Waals surface area contributed by atoms with Crippen molar-refractivity contribution in [3.63, 3.8) is 0 Å². The van der Waals surface area contributed by atoms with Crippen molar-refractivity contribution in [1.29, 1.82) is 0 Å². The molecule has 3 rings (SSSR count). The highest BCUT2D eigenvalue weighted by molar-refractivity contribution is 5.85. The van der Waals surface area contributed by atoms with Gasteiger partial charge >= 0.3 is 0 Å². The summed E-state index contributed by atoms with van der Waals surface area (Å²) in [5.41, 5.74) is 6.02. The highest BCUT2D eigenvalue weighted by Gasteiger charge is 2.34. The summed E-state index contributed by atoms with van der Waals surface area (Å²) < 4.78 is 0. The van der Waals surface area contributed by atoms with E-state index in [2.05, 4.69) is 9.80 Å². The Labute approximate surface area is 140 Å². The Morgan fingerprint density at radius 2 is 1.76 bits per heavy atom. The second-order valence-electron chi connectivity index (χ2n) is 6.59. The predicted octanol–water partition coefficient (Wildman–Crippen LogP) is 2.04. The summed E-state index contributed by atoms with van der Waals surface area (Å²) in [5, 5.41) is 0. The molecule has 2 N–H and O–H groups in total. The Morgan fingerprint density at radius 1 is 0.952 bits per heavy atom. The third kappa shape index (κ3) is 4.47. The van der Waals surface area contributed by atoms with Gasteiger partial charge in [0.05, 0.1) is 0 Å². The smallest absolute Gasteiger partial charge is 0.225 e. The molecule has 3 unspecified atom stereocenters. The molecule has 4 nitrogen and oxygen atoms in total. The summed E-state index contributed by atoms with van der Waals surface area (Å²) in [7, 11) is 0. The van der Waals surface area contributed by atoms with E-state index in [1.165, 1.54) is 25.8 Å². The van der Waals surface area contributed by atoms with E-state index in [0.717, 1.165) is 45.3 Å². The highest BCUT2D eigenvalue weighted by atomic mass is 35.5. The molecule has 0 aromatic rings. The molecule has 124 valence electrons. The van der Waals surface area contributed by atoms with Gasteiger partial charge in [0.15, 0.2) is 0 Å². The summed E-state index contributed by atoms with van der Waals surface area (Å²) in [4.78, 5) is 17.3. The van der Waals surface area contributed by atoms with E-state index in [1.807, 2.05) is 0 Å². The van der Waals surface area contributed by atoms with Crippen molar-refractivity contribution >= 4 is 30.7 Å². The van der Waals surface area contributed by atoms with Crippen molar-refractivity contribution in [3.05, 3.63) is 0 Å². The van der Waals surface area contributed by atoms with Crippen LogP contribution < -0.4 is 5.73 Å². The molecular formula is C15H29Cl2N3O. The van der Waals surface area contributed by atoms with Crippen LogP contribution in [0.2, 0.25) is 0 Å². The predicted molar refractivity (Wildman–Crippen MR) is 90.2 cm³/mol. The van der Waals surface area contributed by atoms with E-state index in [1.54, 1.807) is 0 Å². The number of halogens is 2. The lowest BCUT2D eigenvalue weighted by Crippen LogP contribution is -2.57. The molecule has 6 heteroatoms. The molecule has 3 aliphatic rings. The minimum atomic E-state index is 0. The standard InChI is InChI=1S/C15H27N3O.2ClH/c16-13-5-3-4-12(10-13)15(19)18-9-8-17-7-2-1-6-14(17)11-18;;/h12-14H,1-11,16H2;2*1H. The van der Waals surface area contributed by atoms with Gasteiger partial charge in [-0.05, 0) is 38.6 Å². The Balaban J connectivity index is 0.00000110. The maximum atomic E-state index is 12.6. The summed E-state index contributed by atoms with van der Waals surface area (Å²) in [5.74, 6) is 0.597. The minimum absolute atomic E-state index is 0. The van der Waals surface area contributed by atoms with Crippen molar-refractivity contribution in [2.24, 2.45) is 11.7 Å². The van der Waals surface area contributed by atoms with Gasteiger partial charge in [-0.1, -0.05) is 12.8 Å². The number of rotatable bonds is 1. The number of amides is 1. The van der Waals surface area contributed by atoms with E-state index in [4.69, 9.17) is 5.73 Å². The fourth-order valence-electron chi connectivity index (χ4n) is 4.07. The molecule has 2 heterocycles. The first-order chi connectivity index (χ1) is 9.24. The van der Waals surface area contributed by atoms with Gasteiger partial charge in [0.1, 0.15) is 0 Å². The first kappa shape index (κ1) is 19.0. The van der Waals surface area contributed by atoms with Crippen molar-refractivity contribution in [1.82, 2.24) is 9.80 Å². The minimum Gasteiger partial charge on any atom is -0.340 e. The van der Waals surface area contributed by atoms with Gasteiger partial charge < -0.3 is 10.6 Å². The Hall–Kier alpha value is -0.0300. The molecule has 0 spiro atoms. The number of nitrogens with two attached hydrogens (primary N) is 1. The van der Waals surface area contributed by atoms with Crippen LogP contribution in [0.1, 0.15) is 44.9 Å². The molecule has 0 aromatic heterocycles. The highest BCUT2D eigenvalue weighted by Crippen LogP contribution is 2.27. The number of carbonyl (C=O) groups excluding carboxylic acids is 1. The van der Waals surface area contributed by atoms with Gasteiger partial charge in [-0.25, -0.2) is 0 Å². The SMILES string of the molecule is Cl.Cl.NC1CCCC(C(=O)N2CCN3CCCCC3C2)C1. The lowest BCUT2D eigenvalue weighted by atomic mass is 9.85. The first-order valence-corrected chi connectivity index (χ1v) is 8.02. The topological polar surface area (TPSA) is 49.6 Å². The van der Waals surface area contributed by atoms with Crippen LogP contribution in [0.15, 0.2) is 0 Å². The summed E-state index contributed by atoms with van der Waals surface area (Å²) in [6.07, 6.45) is 8.12. The average molecular weight is 338 g/mol. The van der Waals surface area contributed by atoms with Crippen LogP contribution in [0.5, 0.6) is 0 Å². The van der Waals surface area contributed by atoms with E-state index < -0.39 is 0 Å². The molecule has 0 radical (unpaired) electrons. The average Bonchev–Trinajstić information content (AvgIpc) is 2.46. The number of hydrogen-bond donors (Lipinski definition) is 1. The number of piperazine rings is 1. The third-order valence-corrected chi connectivity index (χ3v) is 5.21. The van der Waals surface area contributed by atoms with Gasteiger partial charge in [0, 0.05) is 37.6 Å². The number of fused-ring (bicyclic) bond motifs is 1. The van der Waals surface area contributed by atoms with Crippen LogP contribution in [0.4, 0.5) is 0 Å². The zero-order chi connectivity index (χ0) is 13.2. The second-order valence-corrected chi connectivity index (χ2v) is 6.59. The number of hydrogen-bond acceptors (Lipinski definition) is 3. The molecule has 1 saturated carbocycles. The second kappa shape index (κ2) is 8.56. The number of nitrogens with zero attached hydrogens (tertiary/aromatic N) is 2. The number of carbonyl (C=O) groups is 1. The zero-order valence-corrected chi connectivity index (χ0v) is 14.3. The van der Waals surface area contributed by atoms with Gasteiger partial charge in [-0.2, -0.15) is 0 Å². The maximum absolute atomic E-state index is 12.6. The van der Waals surface area contributed by atoms with Crippen LogP contribution in [-0.2, 0) is 4.79 Å². The molecular weight excluding hydrogens is 309 g/mol. The molecule has 3 fully saturated rings. The van der Waals surface area contributed by atoms with Crippen molar-refractivity contribution < 1.29 is 4.79 Å². The summed E-state index contributed by atoms with van der Waals surface area (Å²) in [6.45, 7) is 4.21. The lowest BCUT2D eigenvalue weighted by molar-refractivity contribution is -0.140. The molecule has 0 bridgehead atoms. The Kier molecular flexibility index (Phi) is 7.75. The molecule has 21 heavy (non-hydrogen) atoms. The van der Waals surface area contributed by atoms with E-state index >= 15 is 0 Å². The van der Waals surface area contributed by atoms with E-state index in [-0.39, 0.29) is 36.8 Å². The van der Waals surface area contributed by atoms with Crippen LogP contribution in [-0.4, -0.2) is 54.0 Å². The summed E-state index contributed by atoms with van der Waals surface area (Å²) >= 11 is 0. The van der Waals surface area contributed by atoms with Crippen LogP contribution >= 0.6 is 24.8 Å².